The summed E-state index contributed by atoms with van der Waals surface area (Å²) in [6.07, 6.45) is 4.39. The minimum absolute atomic E-state index is 0.253. The Morgan fingerprint density at radius 3 is 1.96 bits per heavy atom. The molecule has 0 aliphatic heterocycles. The van der Waals surface area contributed by atoms with Crippen molar-refractivity contribution in [3.8, 4) is 0 Å². The summed E-state index contributed by atoms with van der Waals surface area (Å²) >= 11 is 0. The fraction of sp³-hybridized carbons (Fsp3) is 0.474. The molecule has 0 bridgehead atoms. The molecular formula is C19H26O4. The first-order valence-corrected chi connectivity index (χ1v) is 8.02. The molecule has 0 aromatic heterocycles. The molecule has 0 radical (unpaired) electrons. The average Bonchev–Trinajstić information content (AvgIpc) is 2.46. The third kappa shape index (κ3) is 7.63. The van der Waals surface area contributed by atoms with E-state index in [1.165, 1.54) is 0 Å². The summed E-state index contributed by atoms with van der Waals surface area (Å²) in [4.78, 5) is 24.2. The Kier molecular flexibility index (Phi) is 8.09. The second-order valence-corrected chi connectivity index (χ2v) is 5.91. The summed E-state index contributed by atoms with van der Waals surface area (Å²) in [6, 6.07) is 9.87. The number of hydrogen-bond acceptors (Lipinski definition) is 4. The van der Waals surface area contributed by atoms with E-state index in [9.17, 15) is 9.59 Å². The monoisotopic (exact) mass is 318 g/mol. The largest absolute Gasteiger partial charge is 0.462 e. The van der Waals surface area contributed by atoms with Gasteiger partial charge in [0.1, 0.15) is 0 Å². The van der Waals surface area contributed by atoms with Crippen molar-refractivity contribution in [1.82, 2.24) is 0 Å². The van der Waals surface area contributed by atoms with Gasteiger partial charge < -0.3 is 9.47 Å². The van der Waals surface area contributed by atoms with Crippen LogP contribution in [0.25, 0.3) is 6.08 Å². The highest BCUT2D eigenvalue weighted by Crippen LogP contribution is 2.15. The summed E-state index contributed by atoms with van der Waals surface area (Å²) < 4.78 is 10.3. The SMILES string of the molecule is CC(C)OC(=O)C(CCC=Cc1ccccc1)C(=O)OC(C)C. The van der Waals surface area contributed by atoms with Gasteiger partial charge in [-0.1, -0.05) is 42.5 Å². The second kappa shape index (κ2) is 9.82. The number of benzene rings is 1. The molecule has 4 nitrogen and oxygen atoms in total. The Labute approximate surface area is 138 Å². The molecule has 1 rings (SSSR count). The van der Waals surface area contributed by atoms with Crippen LogP contribution in [-0.4, -0.2) is 24.1 Å². The zero-order valence-corrected chi connectivity index (χ0v) is 14.3. The van der Waals surface area contributed by atoms with Crippen molar-refractivity contribution in [3.05, 3.63) is 42.0 Å². The van der Waals surface area contributed by atoms with E-state index in [0.717, 1.165) is 5.56 Å². The first-order chi connectivity index (χ1) is 10.9. The van der Waals surface area contributed by atoms with E-state index in [0.29, 0.717) is 12.8 Å². The lowest BCUT2D eigenvalue weighted by atomic mass is 10.0. The van der Waals surface area contributed by atoms with Crippen LogP contribution in [0.15, 0.2) is 36.4 Å². The predicted molar refractivity (Wildman–Crippen MR) is 90.7 cm³/mol. The normalized spacial score (nSPS) is 11.4. The van der Waals surface area contributed by atoms with Crippen LogP contribution in [0.2, 0.25) is 0 Å². The smallest absolute Gasteiger partial charge is 0.320 e. The highest BCUT2D eigenvalue weighted by atomic mass is 16.6. The molecule has 0 atom stereocenters. The van der Waals surface area contributed by atoms with E-state index < -0.39 is 17.9 Å². The maximum absolute atomic E-state index is 12.1. The average molecular weight is 318 g/mol. The molecule has 0 aliphatic rings. The summed E-state index contributed by atoms with van der Waals surface area (Å²) in [5.41, 5.74) is 1.08. The van der Waals surface area contributed by atoms with Gasteiger partial charge in [-0.15, -0.1) is 0 Å². The van der Waals surface area contributed by atoms with Gasteiger partial charge in [-0.2, -0.15) is 0 Å². The van der Waals surface area contributed by atoms with E-state index in [4.69, 9.17) is 9.47 Å². The third-order valence-electron chi connectivity index (χ3n) is 3.00. The fourth-order valence-corrected chi connectivity index (χ4v) is 2.01. The quantitative estimate of drug-likeness (QED) is 0.537. The van der Waals surface area contributed by atoms with Crippen molar-refractivity contribution in [2.75, 3.05) is 0 Å². The molecule has 0 unspecified atom stereocenters. The topological polar surface area (TPSA) is 52.6 Å². The maximum atomic E-state index is 12.1. The summed E-state index contributed by atoms with van der Waals surface area (Å²) in [5, 5.41) is 0. The molecule has 0 saturated heterocycles. The van der Waals surface area contributed by atoms with Gasteiger partial charge in [0.05, 0.1) is 12.2 Å². The molecule has 0 N–H and O–H groups in total. The zero-order valence-electron chi connectivity index (χ0n) is 14.3. The van der Waals surface area contributed by atoms with Crippen molar-refractivity contribution < 1.29 is 19.1 Å². The van der Waals surface area contributed by atoms with Crippen LogP contribution in [0, 0.1) is 5.92 Å². The molecule has 1 aromatic carbocycles. The van der Waals surface area contributed by atoms with E-state index in [1.807, 2.05) is 42.5 Å². The van der Waals surface area contributed by atoms with Gasteiger partial charge in [0, 0.05) is 0 Å². The standard InChI is InChI=1S/C19H26O4/c1-14(2)22-18(20)17(19(21)23-15(3)4)13-9-8-12-16-10-6-5-7-11-16/h5-8,10-12,14-15,17H,9,13H2,1-4H3. The lowest BCUT2D eigenvalue weighted by molar-refractivity contribution is -0.166. The minimum atomic E-state index is -0.875. The van der Waals surface area contributed by atoms with Gasteiger partial charge in [-0.25, -0.2) is 0 Å². The van der Waals surface area contributed by atoms with Gasteiger partial charge in [-0.3, -0.25) is 9.59 Å². The van der Waals surface area contributed by atoms with Crippen molar-refractivity contribution >= 4 is 18.0 Å². The highest BCUT2D eigenvalue weighted by molar-refractivity contribution is 5.95. The number of carbonyl (C=O) groups excluding carboxylic acids is 2. The number of hydrogen-bond donors (Lipinski definition) is 0. The number of rotatable bonds is 8. The van der Waals surface area contributed by atoms with Crippen LogP contribution in [0.4, 0.5) is 0 Å². The Morgan fingerprint density at radius 1 is 0.957 bits per heavy atom. The Hall–Kier alpha value is -2.10. The number of allylic oxidation sites excluding steroid dienone is 1. The predicted octanol–water partition coefficient (Wildman–Crippen LogP) is 4.00. The third-order valence-corrected chi connectivity index (χ3v) is 3.00. The van der Waals surface area contributed by atoms with Crippen LogP contribution >= 0.6 is 0 Å². The molecule has 0 heterocycles. The van der Waals surface area contributed by atoms with Gasteiger partial charge in [0.25, 0.3) is 0 Å². The van der Waals surface area contributed by atoms with Gasteiger partial charge in [0.15, 0.2) is 5.92 Å². The number of ether oxygens (including phenoxy) is 2. The van der Waals surface area contributed by atoms with Gasteiger partial charge in [0.2, 0.25) is 0 Å². The van der Waals surface area contributed by atoms with E-state index >= 15 is 0 Å². The minimum Gasteiger partial charge on any atom is -0.462 e. The molecule has 23 heavy (non-hydrogen) atoms. The Bertz CT molecular complexity index is 495. The summed E-state index contributed by atoms with van der Waals surface area (Å²) in [6.45, 7) is 7.05. The first-order valence-electron chi connectivity index (χ1n) is 8.02. The van der Waals surface area contributed by atoms with Crippen molar-refractivity contribution in [3.63, 3.8) is 0 Å². The molecule has 0 fully saturated rings. The van der Waals surface area contributed by atoms with Crippen molar-refractivity contribution in [2.24, 2.45) is 5.92 Å². The molecule has 0 spiro atoms. The fourth-order valence-electron chi connectivity index (χ4n) is 2.01. The van der Waals surface area contributed by atoms with Crippen molar-refractivity contribution in [1.29, 1.82) is 0 Å². The van der Waals surface area contributed by atoms with Gasteiger partial charge in [-0.05, 0) is 46.1 Å². The van der Waals surface area contributed by atoms with Crippen molar-refractivity contribution in [2.45, 2.75) is 52.7 Å². The van der Waals surface area contributed by atoms with Crippen LogP contribution in [-0.2, 0) is 19.1 Å². The van der Waals surface area contributed by atoms with Crippen LogP contribution in [0.3, 0.4) is 0 Å². The molecule has 0 amide bonds. The lowest BCUT2D eigenvalue weighted by Gasteiger charge is -2.17. The second-order valence-electron chi connectivity index (χ2n) is 5.91. The summed E-state index contributed by atoms with van der Waals surface area (Å²) in [7, 11) is 0. The molecule has 0 saturated carbocycles. The number of esters is 2. The van der Waals surface area contributed by atoms with Gasteiger partial charge >= 0.3 is 11.9 Å². The van der Waals surface area contributed by atoms with E-state index in [-0.39, 0.29) is 12.2 Å². The van der Waals surface area contributed by atoms with Crippen LogP contribution in [0.5, 0.6) is 0 Å². The van der Waals surface area contributed by atoms with Crippen LogP contribution < -0.4 is 0 Å². The molecule has 1 aromatic rings. The zero-order chi connectivity index (χ0) is 17.2. The summed E-state index contributed by atoms with van der Waals surface area (Å²) in [5.74, 6) is -1.90. The molecule has 126 valence electrons. The molecule has 4 heteroatoms. The Morgan fingerprint density at radius 2 is 1.48 bits per heavy atom. The molecular weight excluding hydrogens is 292 g/mol. The van der Waals surface area contributed by atoms with E-state index in [1.54, 1.807) is 27.7 Å². The maximum Gasteiger partial charge on any atom is 0.320 e. The first kappa shape index (κ1) is 18.9. The lowest BCUT2D eigenvalue weighted by Crippen LogP contribution is -2.31. The van der Waals surface area contributed by atoms with E-state index in [2.05, 4.69) is 0 Å². The van der Waals surface area contributed by atoms with Crippen LogP contribution in [0.1, 0.15) is 46.1 Å². The number of carbonyl (C=O) groups is 2. The molecule has 0 aliphatic carbocycles. The highest BCUT2D eigenvalue weighted by Gasteiger charge is 2.30. The Balaban J connectivity index is 2.63.